The molecule has 0 spiro atoms. The Balaban J connectivity index is 2.26. The summed E-state index contributed by atoms with van der Waals surface area (Å²) in [6, 6.07) is 13.1. The molecule has 0 aliphatic rings. The van der Waals surface area contributed by atoms with Gasteiger partial charge in [0, 0.05) is 11.1 Å². The predicted molar refractivity (Wildman–Crippen MR) is 103 cm³/mol. The Morgan fingerprint density at radius 2 is 1.92 bits per heavy atom. The van der Waals surface area contributed by atoms with Crippen LogP contribution in [0.15, 0.2) is 46.6 Å². The first-order chi connectivity index (χ1) is 12.7. The van der Waals surface area contributed by atoms with Gasteiger partial charge in [0.05, 0.1) is 23.8 Å². The van der Waals surface area contributed by atoms with E-state index in [9.17, 15) is 10.1 Å². The molecule has 132 valence electrons. The molecule has 0 atom stereocenters. The van der Waals surface area contributed by atoms with Gasteiger partial charge in [-0.25, -0.2) is 0 Å². The fourth-order valence-electron chi connectivity index (χ4n) is 2.71. The van der Waals surface area contributed by atoms with Gasteiger partial charge in [0.25, 0.3) is 5.56 Å². The third kappa shape index (κ3) is 3.48. The topological polar surface area (TPSA) is 75.1 Å². The molecule has 26 heavy (non-hydrogen) atoms. The van der Waals surface area contributed by atoms with Crippen LogP contribution in [0.2, 0.25) is 0 Å². The lowest BCUT2D eigenvalue weighted by Gasteiger charge is -2.14. The number of thiophene rings is 1. The van der Waals surface area contributed by atoms with Crippen LogP contribution >= 0.6 is 11.3 Å². The molecule has 2 aromatic heterocycles. The molecule has 0 amide bonds. The van der Waals surface area contributed by atoms with Crippen molar-refractivity contribution in [2.24, 2.45) is 0 Å². The average molecular weight is 366 g/mol. The van der Waals surface area contributed by atoms with Crippen molar-refractivity contribution in [1.82, 2.24) is 4.98 Å². The summed E-state index contributed by atoms with van der Waals surface area (Å²) in [7, 11) is 0. The minimum Gasteiger partial charge on any atom is -0.494 e. The van der Waals surface area contributed by atoms with Crippen molar-refractivity contribution in [2.75, 3.05) is 13.2 Å². The Hall–Kier alpha value is -3.04. The van der Waals surface area contributed by atoms with Crippen LogP contribution in [-0.4, -0.2) is 18.2 Å². The minimum atomic E-state index is -0.419. The summed E-state index contributed by atoms with van der Waals surface area (Å²) in [4.78, 5) is 16.2. The number of aromatic amines is 1. The molecule has 0 fully saturated rings. The second kappa shape index (κ2) is 7.89. The molecule has 0 radical (unpaired) electrons. The molecule has 0 bridgehead atoms. The smallest absolute Gasteiger partial charge is 0.266 e. The quantitative estimate of drug-likeness (QED) is 0.700. The van der Waals surface area contributed by atoms with Crippen molar-refractivity contribution in [1.29, 1.82) is 5.26 Å². The number of benzene rings is 1. The van der Waals surface area contributed by atoms with Gasteiger partial charge >= 0.3 is 0 Å². The summed E-state index contributed by atoms with van der Waals surface area (Å²) < 4.78 is 11.3. The van der Waals surface area contributed by atoms with Crippen molar-refractivity contribution in [2.45, 2.75) is 13.8 Å². The number of nitrogens with one attached hydrogen (secondary N) is 1. The van der Waals surface area contributed by atoms with Crippen molar-refractivity contribution < 1.29 is 9.47 Å². The Labute approximate surface area is 155 Å². The lowest BCUT2D eigenvalue weighted by atomic mass is 9.99. The van der Waals surface area contributed by atoms with E-state index >= 15 is 0 Å². The number of H-pyrrole nitrogens is 1. The van der Waals surface area contributed by atoms with Crippen molar-refractivity contribution in [3.63, 3.8) is 0 Å². The van der Waals surface area contributed by atoms with E-state index in [4.69, 9.17) is 9.47 Å². The van der Waals surface area contributed by atoms with Crippen LogP contribution in [0.3, 0.4) is 0 Å². The Morgan fingerprint density at radius 1 is 1.12 bits per heavy atom. The molecule has 1 aromatic carbocycles. The summed E-state index contributed by atoms with van der Waals surface area (Å²) in [6.07, 6.45) is 0. The summed E-state index contributed by atoms with van der Waals surface area (Å²) in [6.45, 7) is 4.79. The van der Waals surface area contributed by atoms with Crippen molar-refractivity contribution in [3.8, 4) is 39.3 Å². The fourth-order valence-corrected chi connectivity index (χ4v) is 3.40. The number of hydrogen-bond donors (Lipinski definition) is 1. The standard InChI is InChI=1S/C20H18N2O3S/c1-3-24-13-7-8-18(25-4-2)15(10-13)14-11-17(19-6-5-9-26-19)22-20(23)16(14)12-21/h5-11H,3-4H2,1-2H3,(H,22,23). The van der Waals surface area contributed by atoms with Gasteiger partial charge in [0.1, 0.15) is 23.1 Å². The van der Waals surface area contributed by atoms with Crippen LogP contribution in [0.25, 0.3) is 21.7 Å². The van der Waals surface area contributed by atoms with E-state index in [1.54, 1.807) is 6.07 Å². The van der Waals surface area contributed by atoms with E-state index in [2.05, 4.69) is 4.98 Å². The second-order valence-electron chi connectivity index (χ2n) is 5.41. The minimum absolute atomic E-state index is 0.0555. The van der Waals surface area contributed by atoms with E-state index in [1.165, 1.54) is 11.3 Å². The largest absolute Gasteiger partial charge is 0.494 e. The van der Waals surface area contributed by atoms with E-state index < -0.39 is 5.56 Å². The SMILES string of the molecule is CCOc1ccc(OCC)c(-c2cc(-c3cccs3)[nH]c(=O)c2C#N)c1. The molecule has 2 heterocycles. The summed E-state index contributed by atoms with van der Waals surface area (Å²) in [5.41, 5.74) is 1.50. The molecule has 3 rings (SSSR count). The third-order valence-electron chi connectivity index (χ3n) is 3.78. The summed E-state index contributed by atoms with van der Waals surface area (Å²) in [5, 5.41) is 11.5. The van der Waals surface area contributed by atoms with Crippen LogP contribution in [0, 0.1) is 11.3 Å². The number of hydrogen-bond acceptors (Lipinski definition) is 5. The number of rotatable bonds is 6. The van der Waals surface area contributed by atoms with Gasteiger partial charge in [-0.15, -0.1) is 11.3 Å². The van der Waals surface area contributed by atoms with Gasteiger partial charge in [-0.3, -0.25) is 4.79 Å². The molecule has 0 unspecified atom stereocenters. The van der Waals surface area contributed by atoms with Gasteiger partial charge in [0.15, 0.2) is 0 Å². The third-order valence-corrected chi connectivity index (χ3v) is 4.69. The lowest BCUT2D eigenvalue weighted by molar-refractivity contribution is 0.331. The first-order valence-corrected chi connectivity index (χ1v) is 9.17. The zero-order chi connectivity index (χ0) is 18.5. The zero-order valence-electron chi connectivity index (χ0n) is 14.5. The Kier molecular flexibility index (Phi) is 5.40. The van der Waals surface area contributed by atoms with Crippen LogP contribution < -0.4 is 15.0 Å². The fraction of sp³-hybridized carbons (Fsp3) is 0.200. The monoisotopic (exact) mass is 366 g/mol. The van der Waals surface area contributed by atoms with Gasteiger partial charge in [-0.1, -0.05) is 6.07 Å². The maximum Gasteiger partial charge on any atom is 0.266 e. The highest BCUT2D eigenvalue weighted by molar-refractivity contribution is 7.13. The van der Waals surface area contributed by atoms with Crippen LogP contribution in [0.4, 0.5) is 0 Å². The maximum atomic E-state index is 12.5. The van der Waals surface area contributed by atoms with E-state index in [0.29, 0.717) is 41.5 Å². The molecule has 6 heteroatoms. The number of ether oxygens (including phenoxy) is 2. The van der Waals surface area contributed by atoms with Gasteiger partial charge in [0.2, 0.25) is 0 Å². The predicted octanol–water partition coefficient (Wildman–Crippen LogP) is 4.44. The summed E-state index contributed by atoms with van der Waals surface area (Å²) in [5.74, 6) is 1.27. The second-order valence-corrected chi connectivity index (χ2v) is 6.36. The van der Waals surface area contributed by atoms with Crippen molar-refractivity contribution >= 4 is 11.3 Å². The molecule has 0 saturated carbocycles. The van der Waals surface area contributed by atoms with Crippen LogP contribution in [0.5, 0.6) is 11.5 Å². The van der Waals surface area contributed by atoms with Gasteiger partial charge < -0.3 is 14.5 Å². The molecule has 1 N–H and O–H groups in total. The van der Waals surface area contributed by atoms with E-state index in [0.717, 1.165) is 4.88 Å². The molecule has 3 aromatic rings. The first-order valence-electron chi connectivity index (χ1n) is 8.29. The van der Waals surface area contributed by atoms with Crippen LogP contribution in [-0.2, 0) is 0 Å². The number of nitrogens with zero attached hydrogens (tertiary/aromatic N) is 1. The maximum absolute atomic E-state index is 12.5. The Morgan fingerprint density at radius 3 is 2.58 bits per heavy atom. The highest BCUT2D eigenvalue weighted by atomic mass is 32.1. The van der Waals surface area contributed by atoms with Crippen LogP contribution in [0.1, 0.15) is 19.4 Å². The number of pyridine rings is 1. The van der Waals surface area contributed by atoms with E-state index in [-0.39, 0.29) is 5.56 Å². The number of aromatic nitrogens is 1. The molecule has 0 saturated heterocycles. The average Bonchev–Trinajstić information content (AvgIpc) is 3.17. The highest BCUT2D eigenvalue weighted by Crippen LogP contribution is 2.36. The molecular formula is C20H18N2O3S. The number of nitriles is 1. The first kappa shape index (κ1) is 17.8. The Bertz CT molecular complexity index is 1000. The molecular weight excluding hydrogens is 348 g/mol. The van der Waals surface area contributed by atoms with Crippen molar-refractivity contribution in [3.05, 3.63) is 57.7 Å². The normalized spacial score (nSPS) is 10.3. The zero-order valence-corrected chi connectivity index (χ0v) is 15.4. The van der Waals surface area contributed by atoms with E-state index in [1.807, 2.05) is 55.6 Å². The highest BCUT2D eigenvalue weighted by Gasteiger charge is 2.17. The van der Waals surface area contributed by atoms with Gasteiger partial charge in [-0.05, 0) is 49.6 Å². The summed E-state index contributed by atoms with van der Waals surface area (Å²) >= 11 is 1.52. The molecule has 0 aliphatic carbocycles. The lowest BCUT2D eigenvalue weighted by Crippen LogP contribution is -2.12. The van der Waals surface area contributed by atoms with Gasteiger partial charge in [-0.2, -0.15) is 5.26 Å². The molecule has 5 nitrogen and oxygen atoms in total. The molecule has 0 aliphatic heterocycles.